The van der Waals surface area contributed by atoms with Crippen LogP contribution in [-0.2, 0) is 6.42 Å². The summed E-state index contributed by atoms with van der Waals surface area (Å²) in [5.41, 5.74) is 6.94. The molecule has 0 aliphatic rings. The van der Waals surface area contributed by atoms with Crippen LogP contribution in [0.5, 0.6) is 5.75 Å². The van der Waals surface area contributed by atoms with Gasteiger partial charge in [0.1, 0.15) is 5.75 Å². The minimum atomic E-state index is 0.170. The monoisotopic (exact) mass is 257 g/mol. The van der Waals surface area contributed by atoms with Crippen LogP contribution >= 0.6 is 15.9 Å². The number of hydrogen-bond acceptors (Lipinski definition) is 2. The molecule has 1 unspecified atom stereocenters. The van der Waals surface area contributed by atoms with E-state index in [4.69, 9.17) is 10.5 Å². The lowest BCUT2D eigenvalue weighted by Crippen LogP contribution is -2.18. The van der Waals surface area contributed by atoms with Crippen molar-refractivity contribution in [2.45, 2.75) is 19.4 Å². The van der Waals surface area contributed by atoms with Crippen LogP contribution < -0.4 is 10.5 Å². The Labute approximate surface area is 93.6 Å². The minimum absolute atomic E-state index is 0.170. The molecule has 3 heteroatoms. The fourth-order valence-corrected chi connectivity index (χ4v) is 1.47. The highest BCUT2D eigenvalue weighted by molar-refractivity contribution is 9.09. The van der Waals surface area contributed by atoms with Gasteiger partial charge in [-0.05, 0) is 25.0 Å². The van der Waals surface area contributed by atoms with Gasteiger partial charge in [-0.2, -0.15) is 0 Å². The lowest BCUT2D eigenvalue weighted by atomic mass is 10.1. The zero-order chi connectivity index (χ0) is 10.4. The van der Waals surface area contributed by atoms with E-state index in [1.54, 1.807) is 0 Å². The van der Waals surface area contributed by atoms with Gasteiger partial charge < -0.3 is 10.5 Å². The van der Waals surface area contributed by atoms with Gasteiger partial charge in [-0.3, -0.25) is 0 Å². The summed E-state index contributed by atoms with van der Waals surface area (Å²) in [5, 5.41) is 0.847. The summed E-state index contributed by atoms with van der Waals surface area (Å²) < 4.78 is 5.58. The fourth-order valence-electron chi connectivity index (χ4n) is 1.31. The molecule has 0 aliphatic carbocycles. The van der Waals surface area contributed by atoms with Crippen LogP contribution in [0.15, 0.2) is 24.3 Å². The van der Waals surface area contributed by atoms with E-state index < -0.39 is 0 Å². The highest BCUT2D eigenvalue weighted by Crippen LogP contribution is 2.19. The van der Waals surface area contributed by atoms with Crippen molar-refractivity contribution in [2.75, 3.05) is 11.9 Å². The minimum Gasteiger partial charge on any atom is -0.492 e. The maximum Gasteiger partial charge on any atom is 0.122 e. The molecule has 0 aliphatic heterocycles. The predicted octanol–water partition coefficient (Wildman–Crippen LogP) is 2.35. The number of alkyl halides is 1. The lowest BCUT2D eigenvalue weighted by molar-refractivity contribution is 0.340. The molecule has 1 atom stereocenters. The molecule has 1 aromatic rings. The molecule has 2 nitrogen and oxygen atoms in total. The van der Waals surface area contributed by atoms with Crippen LogP contribution in [0.4, 0.5) is 0 Å². The van der Waals surface area contributed by atoms with Gasteiger partial charge in [0.05, 0.1) is 6.61 Å². The third-order valence-electron chi connectivity index (χ3n) is 1.85. The highest BCUT2D eigenvalue weighted by atomic mass is 79.9. The van der Waals surface area contributed by atoms with Crippen molar-refractivity contribution in [1.29, 1.82) is 0 Å². The van der Waals surface area contributed by atoms with Crippen molar-refractivity contribution in [3.63, 3.8) is 0 Å². The Balaban J connectivity index is 2.69. The standard InChI is InChI=1S/C11H16BrNO/c1-9(13)8-10-4-2-3-5-11(10)14-7-6-12/h2-5,9H,6-8,13H2,1H3. The first-order chi connectivity index (χ1) is 6.74. The van der Waals surface area contributed by atoms with Gasteiger partial charge in [0.25, 0.3) is 0 Å². The maximum absolute atomic E-state index is 5.76. The third-order valence-corrected chi connectivity index (χ3v) is 2.17. The molecule has 0 amide bonds. The number of benzene rings is 1. The van der Waals surface area contributed by atoms with Crippen molar-refractivity contribution >= 4 is 15.9 Å². The van der Waals surface area contributed by atoms with Crippen molar-refractivity contribution in [3.8, 4) is 5.75 Å². The Kier molecular flexibility index (Phi) is 4.98. The van der Waals surface area contributed by atoms with Crippen LogP contribution in [0.25, 0.3) is 0 Å². The van der Waals surface area contributed by atoms with Crippen molar-refractivity contribution in [3.05, 3.63) is 29.8 Å². The van der Waals surface area contributed by atoms with E-state index in [1.807, 2.05) is 25.1 Å². The molecule has 1 aromatic carbocycles. The molecule has 0 bridgehead atoms. The van der Waals surface area contributed by atoms with Crippen LogP contribution in [0, 0.1) is 0 Å². The summed E-state index contributed by atoms with van der Waals surface area (Å²) in [6.07, 6.45) is 0.860. The smallest absolute Gasteiger partial charge is 0.122 e. The van der Waals surface area contributed by atoms with Gasteiger partial charge in [0.2, 0.25) is 0 Å². The van der Waals surface area contributed by atoms with E-state index in [9.17, 15) is 0 Å². The summed E-state index contributed by atoms with van der Waals surface area (Å²) in [6.45, 7) is 2.69. The second kappa shape index (κ2) is 6.04. The second-order valence-electron chi connectivity index (χ2n) is 3.33. The Morgan fingerprint density at radius 1 is 1.43 bits per heavy atom. The molecule has 2 N–H and O–H groups in total. The van der Waals surface area contributed by atoms with E-state index in [-0.39, 0.29) is 6.04 Å². The first-order valence-electron chi connectivity index (χ1n) is 4.76. The van der Waals surface area contributed by atoms with Crippen LogP contribution in [0.1, 0.15) is 12.5 Å². The molecule has 78 valence electrons. The summed E-state index contributed by atoms with van der Waals surface area (Å²) in [6, 6.07) is 8.21. The van der Waals surface area contributed by atoms with Crippen LogP contribution in [-0.4, -0.2) is 18.0 Å². The molecule has 0 radical (unpaired) electrons. The van der Waals surface area contributed by atoms with E-state index in [0.29, 0.717) is 6.61 Å². The SMILES string of the molecule is CC(N)Cc1ccccc1OCCBr. The summed E-state index contributed by atoms with van der Waals surface area (Å²) >= 11 is 3.33. The van der Waals surface area contributed by atoms with E-state index in [1.165, 1.54) is 5.56 Å². The quantitative estimate of drug-likeness (QED) is 0.823. The van der Waals surface area contributed by atoms with Gasteiger partial charge in [0, 0.05) is 11.4 Å². The highest BCUT2D eigenvalue weighted by Gasteiger charge is 2.04. The number of ether oxygens (including phenoxy) is 1. The molecule has 14 heavy (non-hydrogen) atoms. The first kappa shape index (κ1) is 11.5. The first-order valence-corrected chi connectivity index (χ1v) is 5.88. The molecule has 1 rings (SSSR count). The summed E-state index contributed by atoms with van der Waals surface area (Å²) in [7, 11) is 0. The number of para-hydroxylation sites is 1. The van der Waals surface area contributed by atoms with Crippen molar-refractivity contribution in [2.24, 2.45) is 5.73 Å². The second-order valence-corrected chi connectivity index (χ2v) is 4.12. The molecule has 0 fully saturated rings. The van der Waals surface area contributed by atoms with Gasteiger partial charge in [-0.15, -0.1) is 0 Å². The summed E-state index contributed by atoms with van der Waals surface area (Å²) in [4.78, 5) is 0. The van der Waals surface area contributed by atoms with Crippen molar-refractivity contribution < 1.29 is 4.74 Å². The Morgan fingerprint density at radius 3 is 2.79 bits per heavy atom. The van der Waals surface area contributed by atoms with Gasteiger partial charge in [0.15, 0.2) is 0 Å². The van der Waals surface area contributed by atoms with Gasteiger partial charge in [-0.25, -0.2) is 0 Å². The molecular formula is C11H16BrNO. The van der Waals surface area contributed by atoms with E-state index in [0.717, 1.165) is 17.5 Å². The fraction of sp³-hybridized carbons (Fsp3) is 0.455. The average molecular weight is 258 g/mol. The molecule has 0 saturated heterocycles. The third kappa shape index (κ3) is 3.68. The maximum atomic E-state index is 5.76. The van der Waals surface area contributed by atoms with Crippen molar-refractivity contribution in [1.82, 2.24) is 0 Å². The molecule has 0 spiro atoms. The summed E-state index contributed by atoms with van der Waals surface area (Å²) in [5.74, 6) is 0.948. The largest absolute Gasteiger partial charge is 0.492 e. The van der Waals surface area contributed by atoms with Crippen LogP contribution in [0.2, 0.25) is 0 Å². The van der Waals surface area contributed by atoms with Gasteiger partial charge >= 0.3 is 0 Å². The Hall–Kier alpha value is -0.540. The Morgan fingerprint density at radius 2 is 2.14 bits per heavy atom. The van der Waals surface area contributed by atoms with E-state index in [2.05, 4.69) is 22.0 Å². The molecule has 0 saturated carbocycles. The topological polar surface area (TPSA) is 35.2 Å². The Bertz CT molecular complexity index is 276. The average Bonchev–Trinajstić information content (AvgIpc) is 2.16. The number of halogens is 1. The molecule has 0 aromatic heterocycles. The van der Waals surface area contributed by atoms with Crippen LogP contribution in [0.3, 0.4) is 0 Å². The predicted molar refractivity (Wildman–Crippen MR) is 63.1 cm³/mol. The van der Waals surface area contributed by atoms with Gasteiger partial charge in [-0.1, -0.05) is 34.1 Å². The zero-order valence-corrected chi connectivity index (χ0v) is 9.96. The zero-order valence-electron chi connectivity index (χ0n) is 8.37. The number of rotatable bonds is 5. The number of nitrogens with two attached hydrogens (primary N) is 1. The molecular weight excluding hydrogens is 242 g/mol. The normalized spacial score (nSPS) is 12.5. The van der Waals surface area contributed by atoms with E-state index >= 15 is 0 Å². The molecule has 0 heterocycles. The number of hydrogen-bond donors (Lipinski definition) is 1. The lowest BCUT2D eigenvalue weighted by Gasteiger charge is -2.11.